The first-order valence-corrected chi connectivity index (χ1v) is 6.33. The smallest absolute Gasteiger partial charge is 0.186 e. The summed E-state index contributed by atoms with van der Waals surface area (Å²) in [5.41, 5.74) is 1.25. The van der Waals surface area contributed by atoms with Crippen LogP contribution in [0.3, 0.4) is 0 Å². The third-order valence-corrected chi connectivity index (χ3v) is 3.25. The van der Waals surface area contributed by atoms with Crippen molar-refractivity contribution in [2.45, 2.75) is 19.8 Å². The molecule has 1 aromatic carbocycles. The van der Waals surface area contributed by atoms with Crippen LogP contribution in [0.25, 0.3) is 0 Å². The normalized spacial score (nSPS) is 13.3. The first-order chi connectivity index (χ1) is 5.61. The van der Waals surface area contributed by atoms with Crippen LogP contribution in [0.15, 0.2) is 24.3 Å². The Morgan fingerprint density at radius 1 is 1.25 bits per heavy atom. The van der Waals surface area contributed by atoms with Crippen molar-refractivity contribution < 1.29 is 4.57 Å². The van der Waals surface area contributed by atoms with Gasteiger partial charge in [0.1, 0.15) is 0 Å². The number of hydrogen-bond donors (Lipinski definition) is 0. The van der Waals surface area contributed by atoms with Gasteiger partial charge in [-0.25, -0.2) is 0 Å². The van der Waals surface area contributed by atoms with Gasteiger partial charge in [-0.15, -0.1) is 0 Å². The predicted molar refractivity (Wildman–Crippen MR) is 55.0 cm³/mol. The van der Waals surface area contributed by atoms with E-state index in [1.54, 1.807) is 0 Å². The molecule has 66 valence electrons. The molecule has 1 aromatic rings. The molecule has 0 saturated heterocycles. The Kier molecular flexibility index (Phi) is 3.37. The van der Waals surface area contributed by atoms with Crippen LogP contribution in [0.4, 0.5) is 0 Å². The minimum Gasteiger partial charge on any atom is -0.305 e. The molecule has 0 heterocycles. The van der Waals surface area contributed by atoms with Gasteiger partial charge in [-0.2, -0.15) is 0 Å². The maximum absolute atomic E-state index is 10.9. The Labute approximate surface area is 78.3 Å². The second-order valence-electron chi connectivity index (χ2n) is 3.05. The molecule has 0 aliphatic carbocycles. The fourth-order valence-electron chi connectivity index (χ4n) is 0.999. The molecule has 0 radical (unpaired) electrons. The Morgan fingerprint density at radius 2 is 1.75 bits per heavy atom. The number of halogens is 1. The Morgan fingerprint density at radius 3 is 2.08 bits per heavy atom. The monoisotopic (exact) mass is 202 g/mol. The number of benzene rings is 1. The van der Waals surface area contributed by atoms with E-state index in [0.29, 0.717) is 5.92 Å². The molecule has 12 heavy (non-hydrogen) atoms. The van der Waals surface area contributed by atoms with E-state index < -0.39 is 7.15 Å². The van der Waals surface area contributed by atoms with Gasteiger partial charge in [0.05, 0.1) is 0 Å². The molecule has 1 unspecified atom stereocenters. The van der Waals surface area contributed by atoms with Crippen LogP contribution in [0, 0.1) is 0 Å². The summed E-state index contributed by atoms with van der Waals surface area (Å²) in [4.78, 5) is 0. The average molecular weight is 203 g/mol. The summed E-state index contributed by atoms with van der Waals surface area (Å²) in [6, 6.07) is 7.63. The second-order valence-corrected chi connectivity index (χ2v) is 5.21. The van der Waals surface area contributed by atoms with E-state index in [9.17, 15) is 4.57 Å². The summed E-state index contributed by atoms with van der Waals surface area (Å²) in [6.07, 6.45) is 0. The van der Waals surface area contributed by atoms with Crippen molar-refractivity contribution in [3.8, 4) is 0 Å². The average Bonchev–Trinajstić information content (AvgIpc) is 2.04. The zero-order valence-electron chi connectivity index (χ0n) is 7.17. The molecule has 0 N–H and O–H groups in total. The molecular weight excluding hydrogens is 191 g/mol. The summed E-state index contributed by atoms with van der Waals surface area (Å²) < 4.78 is 10.9. The van der Waals surface area contributed by atoms with Crippen LogP contribution < -0.4 is 5.30 Å². The fraction of sp³-hybridized carbons (Fsp3) is 0.333. The van der Waals surface area contributed by atoms with E-state index in [4.69, 9.17) is 11.2 Å². The van der Waals surface area contributed by atoms with Gasteiger partial charge >= 0.3 is 0 Å². The Hall–Kier alpha value is -0.260. The molecule has 1 rings (SSSR count). The van der Waals surface area contributed by atoms with E-state index in [2.05, 4.69) is 13.8 Å². The molecule has 1 atom stereocenters. The van der Waals surface area contributed by atoms with E-state index in [1.807, 2.05) is 24.3 Å². The molecule has 0 fully saturated rings. The van der Waals surface area contributed by atoms with Crippen LogP contribution >= 0.6 is 18.4 Å². The lowest BCUT2D eigenvalue weighted by Crippen LogP contribution is -1.95. The lowest BCUT2D eigenvalue weighted by Gasteiger charge is -2.04. The minimum absolute atomic E-state index is 0.511. The fourth-order valence-corrected chi connectivity index (χ4v) is 1.81. The minimum atomic E-state index is -2.03. The zero-order valence-corrected chi connectivity index (χ0v) is 8.93. The first kappa shape index (κ1) is 9.83. The Balaban J connectivity index is 2.93. The molecule has 1 nitrogen and oxygen atoms in total. The highest BCUT2D eigenvalue weighted by atomic mass is 35.7. The lowest BCUT2D eigenvalue weighted by atomic mass is 10.0. The second kappa shape index (κ2) is 4.11. The van der Waals surface area contributed by atoms with E-state index >= 15 is 0 Å². The number of rotatable bonds is 2. The molecule has 0 aromatic heterocycles. The van der Waals surface area contributed by atoms with Crippen molar-refractivity contribution in [3.05, 3.63) is 29.8 Å². The first-order valence-electron chi connectivity index (χ1n) is 3.91. The molecule has 0 bridgehead atoms. The largest absolute Gasteiger partial charge is 0.305 e. The Bertz CT molecular complexity index is 279. The zero-order chi connectivity index (χ0) is 9.14. The highest BCUT2D eigenvalue weighted by Crippen LogP contribution is 2.25. The predicted octanol–water partition coefficient (Wildman–Crippen LogP) is 3.15. The maximum atomic E-state index is 10.9. The van der Waals surface area contributed by atoms with Crippen molar-refractivity contribution in [2.24, 2.45) is 0 Å². The van der Waals surface area contributed by atoms with Crippen LogP contribution in [0.1, 0.15) is 25.3 Å². The van der Waals surface area contributed by atoms with Crippen molar-refractivity contribution in [3.63, 3.8) is 0 Å². The number of hydrogen-bond acceptors (Lipinski definition) is 1. The van der Waals surface area contributed by atoms with Gasteiger partial charge < -0.3 is 4.57 Å². The lowest BCUT2D eigenvalue weighted by molar-refractivity contribution is 0.600. The van der Waals surface area contributed by atoms with Gasteiger partial charge in [0.15, 0.2) is 7.15 Å². The summed E-state index contributed by atoms with van der Waals surface area (Å²) in [5, 5.41) is 0.742. The van der Waals surface area contributed by atoms with Crippen molar-refractivity contribution in [1.82, 2.24) is 0 Å². The van der Waals surface area contributed by atoms with Crippen LogP contribution in [0.5, 0.6) is 0 Å². The highest BCUT2D eigenvalue weighted by molar-refractivity contribution is 7.80. The topological polar surface area (TPSA) is 17.1 Å². The standard InChI is InChI=1S/C9H12ClOP/c1-7(2)8-3-5-9(6-4-8)12(10)11/h3-7,12H,1-2H3. The SMILES string of the molecule is CC(C)c1ccc([PH](=O)Cl)cc1. The van der Waals surface area contributed by atoms with Gasteiger partial charge in [0.2, 0.25) is 0 Å². The maximum Gasteiger partial charge on any atom is 0.186 e. The van der Waals surface area contributed by atoms with E-state index in [-0.39, 0.29) is 0 Å². The third-order valence-electron chi connectivity index (χ3n) is 1.80. The summed E-state index contributed by atoms with van der Waals surface area (Å²) >= 11 is 5.48. The van der Waals surface area contributed by atoms with Gasteiger partial charge in [-0.05, 0) is 11.5 Å². The van der Waals surface area contributed by atoms with Gasteiger partial charge in [-0.1, -0.05) is 49.4 Å². The van der Waals surface area contributed by atoms with Gasteiger partial charge in [0.25, 0.3) is 0 Å². The molecule has 0 amide bonds. The summed E-state index contributed by atoms with van der Waals surface area (Å²) in [6.45, 7) is 4.25. The molecule has 0 aliphatic rings. The van der Waals surface area contributed by atoms with E-state index in [1.165, 1.54) is 5.56 Å². The van der Waals surface area contributed by atoms with Crippen molar-refractivity contribution >= 4 is 23.7 Å². The van der Waals surface area contributed by atoms with Crippen molar-refractivity contribution in [1.29, 1.82) is 0 Å². The molecule has 0 aliphatic heterocycles. The third kappa shape index (κ3) is 2.36. The molecular formula is C9H12ClOP. The van der Waals surface area contributed by atoms with Gasteiger partial charge in [-0.3, -0.25) is 0 Å². The van der Waals surface area contributed by atoms with Crippen molar-refractivity contribution in [2.75, 3.05) is 0 Å². The quantitative estimate of drug-likeness (QED) is 0.674. The van der Waals surface area contributed by atoms with Crippen LogP contribution in [0.2, 0.25) is 0 Å². The highest BCUT2D eigenvalue weighted by Gasteiger charge is 2.01. The van der Waals surface area contributed by atoms with Crippen LogP contribution in [-0.2, 0) is 4.57 Å². The van der Waals surface area contributed by atoms with E-state index in [0.717, 1.165) is 5.30 Å². The summed E-state index contributed by atoms with van der Waals surface area (Å²) in [5.74, 6) is 0.511. The molecule has 3 heteroatoms. The summed E-state index contributed by atoms with van der Waals surface area (Å²) in [7, 11) is -2.03. The molecule has 0 saturated carbocycles. The molecule has 0 spiro atoms. The van der Waals surface area contributed by atoms with Gasteiger partial charge in [0, 0.05) is 5.30 Å². The van der Waals surface area contributed by atoms with Crippen LogP contribution in [-0.4, -0.2) is 0 Å².